The Morgan fingerprint density at radius 3 is 1.66 bits per heavy atom. The fourth-order valence-electron chi connectivity index (χ4n) is 9.52. The number of fused-ring (bicyclic) bond motifs is 4. The average molecular weight is 887 g/mol. The molecule has 0 spiro atoms. The van der Waals surface area contributed by atoms with Crippen LogP contribution in [0.15, 0.2) is 206 Å². The maximum absolute atomic E-state index is 6.81. The van der Waals surface area contributed by atoms with Crippen molar-refractivity contribution in [1.82, 2.24) is 9.55 Å². The van der Waals surface area contributed by atoms with Crippen LogP contribution in [-0.2, 0) is 10.8 Å². The molecule has 6 heteroatoms. The van der Waals surface area contributed by atoms with Crippen LogP contribution in [0.5, 0.6) is 23.0 Å². The first-order chi connectivity index (χ1) is 33.0. The van der Waals surface area contributed by atoms with Crippen molar-refractivity contribution in [3.05, 3.63) is 218 Å². The van der Waals surface area contributed by atoms with Crippen molar-refractivity contribution in [2.75, 3.05) is 16.5 Å². The van der Waals surface area contributed by atoms with Gasteiger partial charge in [-0.3, -0.25) is 4.57 Å². The van der Waals surface area contributed by atoms with Gasteiger partial charge in [0, 0.05) is 52.0 Å². The van der Waals surface area contributed by atoms with Crippen molar-refractivity contribution in [3.8, 4) is 51.1 Å². The van der Waals surface area contributed by atoms with Crippen LogP contribution in [0, 0.1) is 0 Å². The lowest BCUT2D eigenvalue weighted by atomic mass is 9.80. The van der Waals surface area contributed by atoms with E-state index < -0.39 is 0 Å². The van der Waals surface area contributed by atoms with Crippen molar-refractivity contribution >= 4 is 44.6 Å². The number of para-hydroxylation sites is 4. The molecular weight excluding hydrogens is 833 g/mol. The second-order valence-corrected chi connectivity index (χ2v) is 19.7. The molecule has 0 saturated carbocycles. The Bertz CT molecular complexity index is 3380. The lowest BCUT2D eigenvalue weighted by molar-refractivity contribution is 0.472. The van der Waals surface area contributed by atoms with E-state index in [4.69, 9.17) is 14.5 Å². The predicted octanol–water partition coefficient (Wildman–Crippen LogP) is 16.9. The first-order valence-electron chi connectivity index (χ1n) is 23.5. The zero-order valence-corrected chi connectivity index (χ0v) is 39.4. The molecule has 11 rings (SSSR count). The fourth-order valence-corrected chi connectivity index (χ4v) is 9.52. The molecule has 8 aromatic carbocycles. The van der Waals surface area contributed by atoms with Gasteiger partial charge in [0.05, 0.1) is 28.1 Å². The summed E-state index contributed by atoms with van der Waals surface area (Å²) in [6.07, 6.45) is 1.83. The Morgan fingerprint density at radius 1 is 0.426 bits per heavy atom. The van der Waals surface area contributed by atoms with Gasteiger partial charge in [-0.05, 0) is 93.7 Å². The molecule has 0 bridgehead atoms. The molecule has 0 unspecified atom stereocenters. The molecule has 1 aliphatic rings. The van der Waals surface area contributed by atoms with Crippen LogP contribution in [0.4, 0.5) is 22.7 Å². The number of rotatable bonds is 9. The largest absolute Gasteiger partial charge is 0.457 e. The van der Waals surface area contributed by atoms with Crippen molar-refractivity contribution in [1.29, 1.82) is 0 Å². The Kier molecular flexibility index (Phi) is 10.6. The predicted molar refractivity (Wildman–Crippen MR) is 282 cm³/mol. The molecule has 0 radical (unpaired) electrons. The van der Waals surface area contributed by atoms with Gasteiger partial charge < -0.3 is 19.3 Å². The molecule has 2 aromatic heterocycles. The van der Waals surface area contributed by atoms with Gasteiger partial charge in [0.1, 0.15) is 35.5 Å². The molecule has 68 heavy (non-hydrogen) atoms. The molecule has 0 atom stereocenters. The normalized spacial score (nSPS) is 12.7. The van der Waals surface area contributed by atoms with Crippen molar-refractivity contribution in [3.63, 3.8) is 0 Å². The van der Waals surface area contributed by atoms with E-state index in [2.05, 4.69) is 238 Å². The molecule has 0 N–H and O–H groups in total. The first kappa shape index (κ1) is 42.5. The van der Waals surface area contributed by atoms with Crippen molar-refractivity contribution in [2.45, 2.75) is 52.4 Å². The number of benzene rings is 8. The molecule has 10 aromatic rings. The van der Waals surface area contributed by atoms with Gasteiger partial charge in [-0.2, -0.15) is 0 Å². The zero-order valence-electron chi connectivity index (χ0n) is 39.4. The summed E-state index contributed by atoms with van der Waals surface area (Å²) in [5.41, 5.74) is 13.7. The average Bonchev–Trinajstić information content (AvgIpc) is 3.90. The highest BCUT2D eigenvalue weighted by molar-refractivity contribution is 6.09. The lowest BCUT2D eigenvalue weighted by Gasteiger charge is -2.27. The van der Waals surface area contributed by atoms with Gasteiger partial charge in [-0.1, -0.05) is 163 Å². The van der Waals surface area contributed by atoms with Gasteiger partial charge in [0.2, 0.25) is 0 Å². The van der Waals surface area contributed by atoms with Gasteiger partial charge >= 0.3 is 0 Å². The Labute approximate surface area is 399 Å². The Hall–Kier alpha value is -8.09. The molecule has 0 amide bonds. The van der Waals surface area contributed by atoms with Crippen LogP contribution in [-0.4, -0.2) is 16.2 Å². The third kappa shape index (κ3) is 8.02. The lowest BCUT2D eigenvalue weighted by Crippen LogP contribution is -2.24. The highest BCUT2D eigenvalue weighted by atomic mass is 16.5. The number of anilines is 4. The minimum atomic E-state index is -0.0313. The van der Waals surface area contributed by atoms with Crippen molar-refractivity contribution in [2.24, 2.45) is 0 Å². The van der Waals surface area contributed by atoms with Gasteiger partial charge in [0.25, 0.3) is 0 Å². The standard InChI is InChI=1S/C62H54N4O2/c1-61(2,3)44-35-45(62(4,5)6)37-50(36-44)68-49-33-34-63-59(40-49)66-55-28-14-13-25-53(55)54-32-31-48(39-58(54)66)67-47-24-17-23-46(38-47)64-41-65(57-30-16-15-29-56(57)64)60-51(42-19-9-7-10-20-42)26-18-27-52(60)43-21-11-8-12-22-43/h7-40H,41H2,1-6H3. The van der Waals surface area contributed by atoms with Crippen molar-refractivity contribution < 1.29 is 9.47 Å². The molecule has 0 saturated heterocycles. The summed E-state index contributed by atoms with van der Waals surface area (Å²) < 4.78 is 15.7. The summed E-state index contributed by atoms with van der Waals surface area (Å²) in [6, 6.07) is 70.6. The number of aromatic nitrogens is 2. The topological polar surface area (TPSA) is 42.8 Å². The van der Waals surface area contributed by atoms with Crippen LogP contribution in [0.1, 0.15) is 52.7 Å². The van der Waals surface area contributed by atoms with E-state index in [9.17, 15) is 0 Å². The van der Waals surface area contributed by atoms with E-state index in [0.29, 0.717) is 6.67 Å². The molecule has 6 nitrogen and oxygen atoms in total. The molecule has 0 aliphatic carbocycles. The molecule has 334 valence electrons. The van der Waals surface area contributed by atoms with Crippen LogP contribution in [0.2, 0.25) is 0 Å². The highest BCUT2D eigenvalue weighted by Crippen LogP contribution is 2.50. The summed E-state index contributed by atoms with van der Waals surface area (Å²) in [5.74, 6) is 3.78. The summed E-state index contributed by atoms with van der Waals surface area (Å²) >= 11 is 0. The number of ether oxygens (including phenoxy) is 2. The maximum Gasteiger partial charge on any atom is 0.141 e. The molecule has 3 heterocycles. The summed E-state index contributed by atoms with van der Waals surface area (Å²) in [5, 5.41) is 2.25. The third-order valence-corrected chi connectivity index (χ3v) is 13.1. The minimum absolute atomic E-state index is 0.0313. The van der Waals surface area contributed by atoms with Crippen LogP contribution in [0.3, 0.4) is 0 Å². The highest BCUT2D eigenvalue weighted by Gasteiger charge is 2.31. The quantitative estimate of drug-likeness (QED) is 0.144. The van der Waals surface area contributed by atoms with E-state index in [0.717, 1.165) is 67.7 Å². The minimum Gasteiger partial charge on any atom is -0.457 e. The summed E-state index contributed by atoms with van der Waals surface area (Å²) in [6.45, 7) is 14.1. The third-order valence-electron chi connectivity index (χ3n) is 13.1. The first-order valence-corrected chi connectivity index (χ1v) is 23.5. The van der Waals surface area contributed by atoms with Gasteiger partial charge in [-0.25, -0.2) is 4.98 Å². The Balaban J connectivity index is 0.936. The second kappa shape index (κ2) is 17.0. The van der Waals surface area contributed by atoms with Gasteiger partial charge in [-0.15, -0.1) is 0 Å². The monoisotopic (exact) mass is 886 g/mol. The van der Waals surface area contributed by atoms with E-state index in [1.165, 1.54) is 39.1 Å². The maximum atomic E-state index is 6.81. The van der Waals surface area contributed by atoms with Crippen LogP contribution >= 0.6 is 0 Å². The molecule has 1 aliphatic heterocycles. The second-order valence-electron chi connectivity index (χ2n) is 19.7. The smallest absolute Gasteiger partial charge is 0.141 e. The number of hydrogen-bond donors (Lipinski definition) is 0. The summed E-state index contributed by atoms with van der Waals surface area (Å²) in [4.78, 5) is 9.77. The van der Waals surface area contributed by atoms with Crippen LogP contribution < -0.4 is 19.3 Å². The van der Waals surface area contributed by atoms with E-state index in [1.54, 1.807) is 0 Å². The van der Waals surface area contributed by atoms with Crippen LogP contribution in [0.25, 0.3) is 49.9 Å². The molecular formula is C62H54N4O2. The molecule has 0 fully saturated rings. The summed E-state index contributed by atoms with van der Waals surface area (Å²) in [7, 11) is 0. The number of pyridine rings is 1. The van der Waals surface area contributed by atoms with E-state index >= 15 is 0 Å². The fraction of sp³-hybridized carbons (Fsp3) is 0.145. The van der Waals surface area contributed by atoms with E-state index in [-0.39, 0.29) is 10.8 Å². The number of nitrogens with zero attached hydrogens (tertiary/aromatic N) is 4. The number of hydrogen-bond acceptors (Lipinski definition) is 5. The van der Waals surface area contributed by atoms with Gasteiger partial charge in [0.15, 0.2) is 0 Å². The zero-order chi connectivity index (χ0) is 46.6. The van der Waals surface area contributed by atoms with E-state index in [1.807, 2.05) is 24.4 Å². The SMILES string of the molecule is CC(C)(C)c1cc(Oc2ccnc(-n3c4ccccc4c4ccc(Oc5cccc(N6CN(c7c(-c8ccccc8)cccc7-c7ccccc7)c7ccccc76)c5)cc43)c2)cc(C(C)(C)C)c1. The Morgan fingerprint density at radius 2 is 0.985 bits per heavy atom.